The van der Waals surface area contributed by atoms with E-state index >= 15 is 0 Å². The number of rotatable bonds is 5. The van der Waals surface area contributed by atoms with Crippen LogP contribution in [0.4, 0.5) is 5.82 Å². The molecule has 0 saturated carbocycles. The average molecular weight is 340 g/mol. The van der Waals surface area contributed by atoms with Crippen molar-refractivity contribution in [1.82, 2.24) is 14.8 Å². The molecule has 1 aromatic carbocycles. The molecule has 0 unspecified atom stereocenters. The van der Waals surface area contributed by atoms with Crippen molar-refractivity contribution in [2.75, 3.05) is 5.32 Å². The molecule has 0 aliphatic heterocycles. The molecule has 0 aliphatic rings. The Balaban J connectivity index is 1.69. The number of para-hydroxylation sites is 1. The third-order valence-electron chi connectivity index (χ3n) is 3.87. The molecule has 0 spiro atoms. The van der Waals surface area contributed by atoms with Crippen molar-refractivity contribution >= 4 is 28.6 Å². The minimum Gasteiger partial charge on any atom is -0.449 e. The zero-order valence-electron chi connectivity index (χ0n) is 14.3. The zero-order chi connectivity index (χ0) is 18.0. The number of nitrogens with zero attached hydrogens (tertiary/aromatic N) is 2. The van der Waals surface area contributed by atoms with Crippen molar-refractivity contribution in [3.63, 3.8) is 0 Å². The van der Waals surface area contributed by atoms with Crippen LogP contribution in [0.3, 0.4) is 0 Å². The van der Waals surface area contributed by atoms with Gasteiger partial charge in [0, 0.05) is 29.2 Å². The normalized spacial score (nSPS) is 12.3. The van der Waals surface area contributed by atoms with Crippen LogP contribution in [0.2, 0.25) is 0 Å². The number of carbonyl (C=O) groups excluding carboxylic acids is 2. The number of H-pyrrole nitrogens is 1. The summed E-state index contributed by atoms with van der Waals surface area (Å²) in [6, 6.07) is 9.22. The predicted molar refractivity (Wildman–Crippen MR) is 94.4 cm³/mol. The summed E-state index contributed by atoms with van der Waals surface area (Å²) < 4.78 is 7.00. The first-order valence-corrected chi connectivity index (χ1v) is 8.09. The molecular formula is C18H20N4O3. The van der Waals surface area contributed by atoms with Gasteiger partial charge in [-0.2, -0.15) is 5.10 Å². The topological polar surface area (TPSA) is 89.0 Å². The van der Waals surface area contributed by atoms with Crippen LogP contribution in [-0.2, 0) is 9.53 Å². The van der Waals surface area contributed by atoms with E-state index in [1.807, 2.05) is 38.1 Å². The molecule has 7 nitrogen and oxygen atoms in total. The summed E-state index contributed by atoms with van der Waals surface area (Å²) in [7, 11) is 0. The molecule has 2 heterocycles. The molecule has 0 saturated heterocycles. The van der Waals surface area contributed by atoms with Gasteiger partial charge in [-0.3, -0.25) is 4.79 Å². The summed E-state index contributed by atoms with van der Waals surface area (Å²) in [6.07, 6.45) is 2.26. The third-order valence-corrected chi connectivity index (χ3v) is 3.87. The lowest BCUT2D eigenvalue weighted by atomic mass is 10.2. The van der Waals surface area contributed by atoms with E-state index < -0.39 is 18.0 Å². The SMILES string of the molecule is CC(C)n1nccc1NC(=O)[C@@H](C)OC(=O)c1c[nH]c2ccccc12. The van der Waals surface area contributed by atoms with E-state index in [2.05, 4.69) is 15.4 Å². The number of hydrogen-bond acceptors (Lipinski definition) is 4. The molecule has 2 N–H and O–H groups in total. The number of fused-ring (bicyclic) bond motifs is 1. The lowest BCUT2D eigenvalue weighted by Crippen LogP contribution is -2.31. The lowest BCUT2D eigenvalue weighted by Gasteiger charge is -2.15. The number of aromatic nitrogens is 3. The van der Waals surface area contributed by atoms with E-state index in [1.54, 1.807) is 23.1 Å². The zero-order valence-corrected chi connectivity index (χ0v) is 14.3. The summed E-state index contributed by atoms with van der Waals surface area (Å²) in [6.45, 7) is 5.46. The maximum atomic E-state index is 12.4. The van der Waals surface area contributed by atoms with Gasteiger partial charge in [0.2, 0.25) is 0 Å². The number of carbonyl (C=O) groups is 2. The molecule has 3 aromatic rings. The molecule has 0 fully saturated rings. The van der Waals surface area contributed by atoms with Gasteiger partial charge in [0.1, 0.15) is 5.82 Å². The fourth-order valence-corrected chi connectivity index (χ4v) is 2.57. The number of anilines is 1. The predicted octanol–water partition coefficient (Wildman–Crippen LogP) is 3.13. The Morgan fingerprint density at radius 2 is 1.96 bits per heavy atom. The van der Waals surface area contributed by atoms with Crippen molar-refractivity contribution in [3.05, 3.63) is 48.3 Å². The van der Waals surface area contributed by atoms with Gasteiger partial charge in [-0.15, -0.1) is 0 Å². The number of nitrogens with one attached hydrogen (secondary N) is 2. The molecule has 7 heteroatoms. The van der Waals surface area contributed by atoms with Crippen LogP contribution in [0, 0.1) is 0 Å². The highest BCUT2D eigenvalue weighted by atomic mass is 16.5. The quantitative estimate of drug-likeness (QED) is 0.698. The maximum Gasteiger partial charge on any atom is 0.341 e. The minimum absolute atomic E-state index is 0.106. The van der Waals surface area contributed by atoms with Crippen LogP contribution < -0.4 is 5.32 Å². The molecule has 1 atom stereocenters. The van der Waals surface area contributed by atoms with Crippen LogP contribution in [0.5, 0.6) is 0 Å². The number of benzene rings is 1. The van der Waals surface area contributed by atoms with Gasteiger partial charge in [-0.05, 0) is 26.8 Å². The number of hydrogen-bond donors (Lipinski definition) is 2. The smallest absolute Gasteiger partial charge is 0.341 e. The number of aromatic amines is 1. The second-order valence-electron chi connectivity index (χ2n) is 6.04. The molecule has 25 heavy (non-hydrogen) atoms. The van der Waals surface area contributed by atoms with Crippen molar-refractivity contribution in [2.45, 2.75) is 32.9 Å². The first-order chi connectivity index (χ1) is 12.0. The Morgan fingerprint density at radius 3 is 2.72 bits per heavy atom. The van der Waals surface area contributed by atoms with Gasteiger partial charge in [0.05, 0.1) is 11.8 Å². The van der Waals surface area contributed by atoms with E-state index in [9.17, 15) is 9.59 Å². The first kappa shape index (κ1) is 16.8. The van der Waals surface area contributed by atoms with Crippen LogP contribution in [0.25, 0.3) is 10.9 Å². The van der Waals surface area contributed by atoms with Gasteiger partial charge >= 0.3 is 5.97 Å². The summed E-state index contributed by atoms with van der Waals surface area (Å²) in [5.74, 6) is -0.386. The van der Waals surface area contributed by atoms with E-state index in [-0.39, 0.29) is 6.04 Å². The van der Waals surface area contributed by atoms with Crippen molar-refractivity contribution in [3.8, 4) is 0 Å². The third kappa shape index (κ3) is 3.40. The molecule has 2 aromatic heterocycles. The fourth-order valence-electron chi connectivity index (χ4n) is 2.57. The largest absolute Gasteiger partial charge is 0.449 e. The Hall–Kier alpha value is -3.09. The Kier molecular flexibility index (Phi) is 4.56. The Labute approximate surface area is 145 Å². The second-order valence-corrected chi connectivity index (χ2v) is 6.04. The van der Waals surface area contributed by atoms with Gasteiger partial charge in [0.25, 0.3) is 5.91 Å². The average Bonchev–Trinajstić information content (AvgIpc) is 3.21. The highest BCUT2D eigenvalue weighted by Crippen LogP contribution is 2.19. The van der Waals surface area contributed by atoms with Crippen LogP contribution >= 0.6 is 0 Å². The van der Waals surface area contributed by atoms with Crippen molar-refractivity contribution in [1.29, 1.82) is 0 Å². The highest BCUT2D eigenvalue weighted by molar-refractivity contribution is 6.05. The van der Waals surface area contributed by atoms with Crippen molar-refractivity contribution in [2.24, 2.45) is 0 Å². The van der Waals surface area contributed by atoms with Crippen LogP contribution in [0.1, 0.15) is 37.2 Å². The summed E-state index contributed by atoms with van der Waals surface area (Å²) >= 11 is 0. The molecule has 130 valence electrons. The van der Waals surface area contributed by atoms with Gasteiger partial charge in [-0.1, -0.05) is 18.2 Å². The fraction of sp³-hybridized carbons (Fsp3) is 0.278. The molecule has 0 radical (unpaired) electrons. The van der Waals surface area contributed by atoms with E-state index in [4.69, 9.17) is 4.74 Å². The number of amides is 1. The standard InChI is InChI=1S/C18H20N4O3/c1-11(2)22-16(8-9-20-22)21-17(23)12(3)25-18(24)14-10-19-15-7-5-4-6-13(14)15/h4-12,19H,1-3H3,(H,21,23)/t12-/m1/s1. The number of esters is 1. The molecule has 0 aliphatic carbocycles. The molecule has 3 rings (SSSR count). The lowest BCUT2D eigenvalue weighted by molar-refractivity contribution is -0.123. The van der Waals surface area contributed by atoms with E-state index in [0.717, 1.165) is 10.9 Å². The first-order valence-electron chi connectivity index (χ1n) is 8.09. The maximum absolute atomic E-state index is 12.4. The minimum atomic E-state index is -0.934. The molecular weight excluding hydrogens is 320 g/mol. The van der Waals surface area contributed by atoms with Gasteiger partial charge in [-0.25, -0.2) is 9.48 Å². The number of ether oxygens (including phenoxy) is 1. The Morgan fingerprint density at radius 1 is 1.20 bits per heavy atom. The monoisotopic (exact) mass is 340 g/mol. The van der Waals surface area contributed by atoms with E-state index in [1.165, 1.54) is 6.92 Å². The summed E-state index contributed by atoms with van der Waals surface area (Å²) in [5.41, 5.74) is 1.25. The van der Waals surface area contributed by atoms with Crippen LogP contribution in [-0.4, -0.2) is 32.7 Å². The molecule has 0 bridgehead atoms. The summed E-state index contributed by atoms with van der Waals surface area (Å²) in [4.78, 5) is 27.7. The van der Waals surface area contributed by atoms with Crippen molar-refractivity contribution < 1.29 is 14.3 Å². The van der Waals surface area contributed by atoms with Crippen LogP contribution in [0.15, 0.2) is 42.7 Å². The second kappa shape index (κ2) is 6.80. The van der Waals surface area contributed by atoms with Gasteiger partial charge in [0.15, 0.2) is 6.10 Å². The van der Waals surface area contributed by atoms with E-state index in [0.29, 0.717) is 11.4 Å². The van der Waals surface area contributed by atoms with Gasteiger partial charge < -0.3 is 15.0 Å². The Bertz CT molecular complexity index is 910. The summed E-state index contributed by atoms with van der Waals surface area (Å²) in [5, 5.41) is 7.65. The molecule has 1 amide bonds. The highest BCUT2D eigenvalue weighted by Gasteiger charge is 2.22.